The lowest BCUT2D eigenvalue weighted by atomic mass is 9.98. The maximum Gasteiger partial charge on any atom is 0.407 e. The van der Waals surface area contributed by atoms with Gasteiger partial charge in [-0.25, -0.2) is 4.79 Å². The van der Waals surface area contributed by atoms with Crippen molar-refractivity contribution in [2.45, 2.75) is 103 Å². The molecule has 1 aliphatic rings. The molecule has 3 rings (SSSR count). The standard InChI is InChI=1S/C49H81NO11/c1-2-3-4-5-6-7-8-9-10-11-12-13-14-19-25-52-27-29-54-31-33-56-35-37-58-39-41-60-42-40-59-38-36-57-34-32-55-30-28-53-26-24-50-49(51)61-43-48-46-22-17-15-20-44(46)45-21-16-18-23-47(45)48/h15-18,20-23,48H,2-14,19,24-43H2,1H3,(H,50,51). The van der Waals surface area contributed by atoms with Gasteiger partial charge in [0.25, 0.3) is 0 Å². The van der Waals surface area contributed by atoms with E-state index < -0.39 is 6.09 Å². The zero-order valence-corrected chi connectivity index (χ0v) is 37.7. The predicted molar refractivity (Wildman–Crippen MR) is 241 cm³/mol. The summed E-state index contributed by atoms with van der Waals surface area (Å²) in [5.74, 6) is 0.0399. The van der Waals surface area contributed by atoms with Crippen molar-refractivity contribution < 1.29 is 52.2 Å². The van der Waals surface area contributed by atoms with Gasteiger partial charge in [0.15, 0.2) is 0 Å². The van der Waals surface area contributed by atoms with Crippen LogP contribution in [0.2, 0.25) is 0 Å². The summed E-state index contributed by atoms with van der Waals surface area (Å²) < 4.78 is 55.6. The van der Waals surface area contributed by atoms with E-state index in [0.717, 1.165) is 13.0 Å². The fourth-order valence-electron chi connectivity index (χ4n) is 7.13. The van der Waals surface area contributed by atoms with Crippen molar-refractivity contribution in [1.82, 2.24) is 5.32 Å². The number of unbranched alkanes of at least 4 members (excludes halogenated alkanes) is 13. The smallest absolute Gasteiger partial charge is 0.407 e. The molecule has 0 saturated carbocycles. The maximum atomic E-state index is 12.3. The Kier molecular flexibility index (Phi) is 33.7. The van der Waals surface area contributed by atoms with Crippen molar-refractivity contribution in [3.05, 3.63) is 59.7 Å². The second-order valence-electron chi connectivity index (χ2n) is 15.4. The van der Waals surface area contributed by atoms with E-state index in [1.165, 1.54) is 106 Å². The summed E-state index contributed by atoms with van der Waals surface area (Å²) in [6, 6.07) is 16.6. The fourth-order valence-corrected chi connectivity index (χ4v) is 7.13. The van der Waals surface area contributed by atoms with Crippen LogP contribution < -0.4 is 5.32 Å². The normalized spacial score (nSPS) is 12.2. The molecule has 0 radical (unpaired) electrons. The molecule has 2 aromatic carbocycles. The van der Waals surface area contributed by atoms with E-state index >= 15 is 0 Å². The highest BCUT2D eigenvalue weighted by Crippen LogP contribution is 2.44. The van der Waals surface area contributed by atoms with E-state index in [4.69, 9.17) is 47.4 Å². The number of benzene rings is 2. The molecule has 2 aromatic rings. The number of amides is 1. The maximum absolute atomic E-state index is 12.3. The Labute approximate surface area is 368 Å². The van der Waals surface area contributed by atoms with Gasteiger partial charge in [-0.2, -0.15) is 0 Å². The highest BCUT2D eigenvalue weighted by atomic mass is 16.6. The summed E-state index contributed by atoms with van der Waals surface area (Å²) >= 11 is 0. The number of carbonyl (C=O) groups excluding carboxylic acids is 1. The number of alkyl carbamates (subject to hydrolysis) is 1. The Balaban J connectivity index is 0.915. The number of fused-ring (bicyclic) bond motifs is 3. The minimum atomic E-state index is -0.447. The van der Waals surface area contributed by atoms with Gasteiger partial charge in [0, 0.05) is 19.1 Å². The fraction of sp³-hybridized carbons (Fsp3) is 0.735. The zero-order chi connectivity index (χ0) is 42.9. The average molecular weight is 860 g/mol. The van der Waals surface area contributed by atoms with Crippen molar-refractivity contribution in [2.75, 3.05) is 132 Å². The molecule has 0 bridgehead atoms. The third-order valence-electron chi connectivity index (χ3n) is 10.5. The Bertz CT molecular complexity index is 1260. The molecular formula is C49H81NO11. The van der Waals surface area contributed by atoms with Crippen LogP contribution in [-0.2, 0) is 47.4 Å². The first-order valence-corrected chi connectivity index (χ1v) is 23.6. The minimum absolute atomic E-state index is 0.0399. The van der Waals surface area contributed by atoms with Crippen LogP contribution in [-0.4, -0.2) is 138 Å². The summed E-state index contributed by atoms with van der Waals surface area (Å²) in [4.78, 5) is 12.3. The molecule has 1 N–H and O–H groups in total. The number of rotatable bonds is 44. The van der Waals surface area contributed by atoms with Gasteiger partial charge in [0.2, 0.25) is 0 Å². The van der Waals surface area contributed by atoms with Crippen LogP contribution in [0.5, 0.6) is 0 Å². The third-order valence-corrected chi connectivity index (χ3v) is 10.5. The van der Waals surface area contributed by atoms with E-state index in [-0.39, 0.29) is 5.92 Å². The quantitative estimate of drug-likeness (QED) is 0.0643. The van der Waals surface area contributed by atoms with Crippen LogP contribution in [0.4, 0.5) is 4.79 Å². The van der Waals surface area contributed by atoms with Gasteiger partial charge in [0.05, 0.1) is 112 Å². The lowest BCUT2D eigenvalue weighted by molar-refractivity contribution is -0.0249. The van der Waals surface area contributed by atoms with Gasteiger partial charge in [-0.3, -0.25) is 0 Å². The Hall–Kier alpha value is -2.65. The molecule has 348 valence electrons. The van der Waals surface area contributed by atoms with E-state index in [2.05, 4.69) is 36.5 Å². The van der Waals surface area contributed by atoms with Crippen LogP contribution in [0, 0.1) is 0 Å². The monoisotopic (exact) mass is 860 g/mol. The van der Waals surface area contributed by atoms with Crippen molar-refractivity contribution in [3.8, 4) is 11.1 Å². The lowest BCUT2D eigenvalue weighted by Gasteiger charge is -2.14. The van der Waals surface area contributed by atoms with Gasteiger partial charge in [-0.15, -0.1) is 0 Å². The summed E-state index contributed by atoms with van der Waals surface area (Å²) in [5.41, 5.74) is 4.79. The molecule has 0 aliphatic heterocycles. The number of nitrogens with one attached hydrogen (secondary N) is 1. The van der Waals surface area contributed by atoms with Crippen LogP contribution in [0.25, 0.3) is 11.1 Å². The molecule has 0 unspecified atom stereocenters. The van der Waals surface area contributed by atoms with Gasteiger partial charge >= 0.3 is 6.09 Å². The first-order chi connectivity index (χ1) is 30.3. The third kappa shape index (κ3) is 27.2. The minimum Gasteiger partial charge on any atom is -0.449 e. The SMILES string of the molecule is CCCCCCCCCCCCCCCCOCCOCCOCCOCCOCCOCCOCCOCCOCCNC(=O)OCC1c2ccccc2-c2ccccc21. The van der Waals surface area contributed by atoms with Crippen LogP contribution >= 0.6 is 0 Å². The predicted octanol–water partition coefficient (Wildman–Crippen LogP) is 9.16. The van der Waals surface area contributed by atoms with E-state index in [1.54, 1.807) is 0 Å². The second kappa shape index (κ2) is 39.0. The molecule has 0 spiro atoms. The molecule has 0 fully saturated rings. The van der Waals surface area contributed by atoms with Crippen LogP contribution in [0.15, 0.2) is 48.5 Å². The van der Waals surface area contributed by atoms with Crippen molar-refractivity contribution >= 4 is 6.09 Å². The first-order valence-electron chi connectivity index (χ1n) is 23.6. The largest absolute Gasteiger partial charge is 0.449 e. The molecule has 0 saturated heterocycles. The summed E-state index contributed by atoms with van der Waals surface area (Å²) in [6.07, 6.45) is 18.8. The van der Waals surface area contributed by atoms with Crippen molar-refractivity contribution in [2.24, 2.45) is 0 Å². The first kappa shape index (κ1) is 52.7. The molecule has 12 nitrogen and oxygen atoms in total. The molecule has 12 heteroatoms. The highest BCUT2D eigenvalue weighted by Gasteiger charge is 2.29. The number of hydrogen-bond acceptors (Lipinski definition) is 11. The van der Waals surface area contributed by atoms with E-state index in [0.29, 0.717) is 125 Å². The van der Waals surface area contributed by atoms with Crippen LogP contribution in [0.3, 0.4) is 0 Å². The molecule has 0 aromatic heterocycles. The average Bonchev–Trinajstić information content (AvgIpc) is 3.60. The molecular weight excluding hydrogens is 779 g/mol. The second-order valence-corrected chi connectivity index (χ2v) is 15.4. The lowest BCUT2D eigenvalue weighted by Crippen LogP contribution is -2.29. The van der Waals surface area contributed by atoms with Gasteiger partial charge in [-0.1, -0.05) is 139 Å². The highest BCUT2D eigenvalue weighted by molar-refractivity contribution is 5.79. The van der Waals surface area contributed by atoms with Crippen molar-refractivity contribution in [1.29, 1.82) is 0 Å². The Morgan fingerprint density at radius 2 is 0.721 bits per heavy atom. The van der Waals surface area contributed by atoms with Gasteiger partial charge in [0.1, 0.15) is 6.61 Å². The van der Waals surface area contributed by atoms with Crippen molar-refractivity contribution in [3.63, 3.8) is 0 Å². The molecule has 61 heavy (non-hydrogen) atoms. The molecule has 0 heterocycles. The topological polar surface area (TPSA) is 121 Å². The Morgan fingerprint density at radius 1 is 0.410 bits per heavy atom. The summed E-state index contributed by atoms with van der Waals surface area (Å²) in [5, 5.41) is 2.75. The Morgan fingerprint density at radius 3 is 1.10 bits per heavy atom. The molecule has 0 atom stereocenters. The zero-order valence-electron chi connectivity index (χ0n) is 37.7. The molecule has 1 aliphatic carbocycles. The van der Waals surface area contributed by atoms with Gasteiger partial charge in [-0.05, 0) is 28.7 Å². The number of hydrogen-bond donors (Lipinski definition) is 1. The number of ether oxygens (including phenoxy) is 10. The summed E-state index contributed by atoms with van der Waals surface area (Å²) in [6.45, 7) is 12.4. The molecule has 1 amide bonds. The van der Waals surface area contributed by atoms with Gasteiger partial charge < -0.3 is 52.7 Å². The van der Waals surface area contributed by atoms with E-state index in [9.17, 15) is 4.79 Å². The summed E-state index contributed by atoms with van der Waals surface area (Å²) in [7, 11) is 0. The number of carbonyl (C=O) groups is 1. The van der Waals surface area contributed by atoms with E-state index in [1.807, 2.05) is 24.3 Å². The van der Waals surface area contributed by atoms with Crippen LogP contribution in [0.1, 0.15) is 114 Å².